The Hall–Kier alpha value is -1.01. The van der Waals surface area contributed by atoms with Gasteiger partial charge in [-0.1, -0.05) is 11.4 Å². The molecular formula is C9H11ClN4OS. The number of alkyl halides is 1. The molecule has 0 unspecified atom stereocenters. The van der Waals surface area contributed by atoms with Crippen molar-refractivity contribution in [2.75, 3.05) is 5.88 Å². The van der Waals surface area contributed by atoms with Crippen LogP contribution >= 0.6 is 23.1 Å². The van der Waals surface area contributed by atoms with Gasteiger partial charge in [-0.3, -0.25) is 0 Å². The molecule has 0 spiro atoms. The molecule has 0 aromatic carbocycles. The molecule has 2 aromatic rings. The third kappa shape index (κ3) is 2.38. The van der Waals surface area contributed by atoms with Gasteiger partial charge in [-0.2, -0.15) is 0 Å². The highest BCUT2D eigenvalue weighted by Crippen LogP contribution is 2.25. The van der Waals surface area contributed by atoms with Crippen molar-refractivity contribution in [1.29, 1.82) is 0 Å². The lowest BCUT2D eigenvalue weighted by molar-refractivity contribution is 0.503. The van der Waals surface area contributed by atoms with E-state index < -0.39 is 0 Å². The van der Waals surface area contributed by atoms with Crippen LogP contribution in [0.25, 0.3) is 10.8 Å². The number of rotatable bonds is 5. The minimum absolute atomic E-state index is 0.511. The minimum Gasteiger partial charge on any atom is -0.420 e. The van der Waals surface area contributed by atoms with E-state index in [1.165, 1.54) is 11.5 Å². The number of nitrogens with zero attached hydrogens (tertiary/aromatic N) is 4. The van der Waals surface area contributed by atoms with Crippen molar-refractivity contribution in [2.45, 2.75) is 26.2 Å². The van der Waals surface area contributed by atoms with Crippen LogP contribution < -0.4 is 0 Å². The molecule has 0 bridgehead atoms. The first-order valence-electron chi connectivity index (χ1n) is 5.05. The van der Waals surface area contributed by atoms with E-state index in [1.807, 2.05) is 6.92 Å². The van der Waals surface area contributed by atoms with Crippen LogP contribution in [0, 0.1) is 0 Å². The SMILES string of the molecule is CCc1nnsc1-c1nnc(CCCCl)o1. The Kier molecular flexibility index (Phi) is 3.84. The molecule has 86 valence electrons. The lowest BCUT2D eigenvalue weighted by atomic mass is 10.3. The molecule has 16 heavy (non-hydrogen) atoms. The van der Waals surface area contributed by atoms with Gasteiger partial charge in [0.1, 0.15) is 4.88 Å². The Bertz CT molecular complexity index is 456. The van der Waals surface area contributed by atoms with Gasteiger partial charge in [0.15, 0.2) is 0 Å². The summed E-state index contributed by atoms with van der Waals surface area (Å²) in [6.07, 6.45) is 2.36. The van der Waals surface area contributed by atoms with E-state index in [0.717, 1.165) is 23.4 Å². The molecule has 0 saturated carbocycles. The van der Waals surface area contributed by atoms with Gasteiger partial charge in [0.2, 0.25) is 5.89 Å². The van der Waals surface area contributed by atoms with E-state index in [9.17, 15) is 0 Å². The van der Waals surface area contributed by atoms with Gasteiger partial charge in [0.25, 0.3) is 5.89 Å². The van der Waals surface area contributed by atoms with E-state index in [-0.39, 0.29) is 0 Å². The van der Waals surface area contributed by atoms with Crippen LogP contribution in [0.15, 0.2) is 4.42 Å². The Balaban J connectivity index is 2.18. The van der Waals surface area contributed by atoms with Gasteiger partial charge in [0.05, 0.1) is 5.69 Å². The second kappa shape index (κ2) is 5.36. The van der Waals surface area contributed by atoms with Crippen LogP contribution in [0.5, 0.6) is 0 Å². The number of halogens is 1. The first-order valence-corrected chi connectivity index (χ1v) is 6.36. The highest BCUT2D eigenvalue weighted by Gasteiger charge is 2.15. The molecular weight excluding hydrogens is 248 g/mol. The number of hydrogen-bond acceptors (Lipinski definition) is 6. The highest BCUT2D eigenvalue weighted by molar-refractivity contribution is 7.09. The molecule has 2 heterocycles. The van der Waals surface area contributed by atoms with Crippen molar-refractivity contribution < 1.29 is 4.42 Å². The summed E-state index contributed by atoms with van der Waals surface area (Å²) < 4.78 is 9.41. The monoisotopic (exact) mass is 258 g/mol. The zero-order valence-corrected chi connectivity index (χ0v) is 10.4. The van der Waals surface area contributed by atoms with E-state index in [0.29, 0.717) is 24.1 Å². The summed E-state index contributed by atoms with van der Waals surface area (Å²) in [6.45, 7) is 2.02. The normalized spacial score (nSPS) is 10.9. The lowest BCUT2D eigenvalue weighted by Gasteiger charge is -1.91. The Labute approximate surface area is 102 Å². The van der Waals surface area contributed by atoms with Crippen molar-refractivity contribution in [3.05, 3.63) is 11.6 Å². The Morgan fingerprint density at radius 3 is 2.94 bits per heavy atom. The Morgan fingerprint density at radius 1 is 1.31 bits per heavy atom. The van der Waals surface area contributed by atoms with Gasteiger partial charge >= 0.3 is 0 Å². The van der Waals surface area contributed by atoms with Crippen molar-refractivity contribution >= 4 is 23.1 Å². The maximum Gasteiger partial charge on any atom is 0.261 e. The quantitative estimate of drug-likeness (QED) is 0.770. The summed E-state index contributed by atoms with van der Waals surface area (Å²) in [5.41, 5.74) is 0.901. The van der Waals surface area contributed by atoms with E-state index in [2.05, 4.69) is 19.8 Å². The zero-order chi connectivity index (χ0) is 11.4. The van der Waals surface area contributed by atoms with Gasteiger partial charge < -0.3 is 4.42 Å². The van der Waals surface area contributed by atoms with Crippen LogP contribution in [0.3, 0.4) is 0 Å². The predicted octanol–water partition coefficient (Wildman–Crippen LogP) is 2.32. The van der Waals surface area contributed by atoms with Gasteiger partial charge in [-0.25, -0.2) is 0 Å². The maximum atomic E-state index is 5.60. The highest BCUT2D eigenvalue weighted by atomic mass is 35.5. The number of hydrogen-bond donors (Lipinski definition) is 0. The smallest absolute Gasteiger partial charge is 0.261 e. The third-order valence-electron chi connectivity index (χ3n) is 2.08. The average Bonchev–Trinajstić information content (AvgIpc) is 2.94. The molecule has 0 aliphatic heterocycles. The van der Waals surface area contributed by atoms with Crippen LogP contribution in [-0.4, -0.2) is 25.7 Å². The molecule has 0 atom stereocenters. The van der Waals surface area contributed by atoms with Crippen molar-refractivity contribution in [2.24, 2.45) is 0 Å². The van der Waals surface area contributed by atoms with Gasteiger partial charge in [-0.05, 0) is 24.4 Å². The molecule has 0 saturated heterocycles. The molecule has 2 rings (SSSR count). The molecule has 7 heteroatoms. The molecule has 0 N–H and O–H groups in total. The topological polar surface area (TPSA) is 64.7 Å². The predicted molar refractivity (Wildman–Crippen MR) is 61.6 cm³/mol. The van der Waals surface area contributed by atoms with Crippen molar-refractivity contribution in [3.8, 4) is 10.8 Å². The molecule has 5 nitrogen and oxygen atoms in total. The third-order valence-corrected chi connectivity index (χ3v) is 3.10. The fraction of sp³-hybridized carbons (Fsp3) is 0.556. The van der Waals surface area contributed by atoms with Crippen molar-refractivity contribution in [1.82, 2.24) is 19.8 Å². The summed E-state index contributed by atoms with van der Waals surface area (Å²) in [6, 6.07) is 0. The minimum atomic E-state index is 0.511. The van der Waals surface area contributed by atoms with Crippen LogP contribution in [0.4, 0.5) is 0 Å². The van der Waals surface area contributed by atoms with Crippen LogP contribution in [-0.2, 0) is 12.8 Å². The van der Waals surface area contributed by atoms with Crippen molar-refractivity contribution in [3.63, 3.8) is 0 Å². The molecule has 0 amide bonds. The van der Waals surface area contributed by atoms with E-state index in [1.54, 1.807) is 0 Å². The summed E-state index contributed by atoms with van der Waals surface area (Å²) in [5, 5.41) is 12.0. The summed E-state index contributed by atoms with van der Waals surface area (Å²) >= 11 is 6.88. The molecule has 0 aliphatic rings. The van der Waals surface area contributed by atoms with Gasteiger partial charge in [0, 0.05) is 12.3 Å². The maximum absolute atomic E-state index is 5.60. The average molecular weight is 259 g/mol. The summed E-state index contributed by atoms with van der Waals surface area (Å²) in [5.74, 6) is 1.72. The van der Waals surface area contributed by atoms with Crippen LogP contribution in [0.2, 0.25) is 0 Å². The summed E-state index contributed by atoms with van der Waals surface area (Å²) in [4.78, 5) is 0.868. The number of aromatic nitrogens is 4. The van der Waals surface area contributed by atoms with Crippen LogP contribution in [0.1, 0.15) is 24.9 Å². The fourth-order valence-electron chi connectivity index (χ4n) is 1.27. The zero-order valence-electron chi connectivity index (χ0n) is 8.81. The molecule has 0 aliphatic carbocycles. The first kappa shape index (κ1) is 11.5. The lowest BCUT2D eigenvalue weighted by Crippen LogP contribution is -1.85. The van der Waals surface area contributed by atoms with E-state index >= 15 is 0 Å². The second-order valence-corrected chi connectivity index (χ2v) is 4.33. The standard InChI is InChI=1S/C9H11ClN4OS/c1-2-6-8(16-14-11-6)9-13-12-7(15-9)4-3-5-10/h2-5H2,1H3. The number of aryl methyl sites for hydroxylation is 2. The Morgan fingerprint density at radius 2 is 2.19 bits per heavy atom. The molecule has 2 aromatic heterocycles. The fourth-order valence-corrected chi connectivity index (χ4v) is 2.07. The molecule has 0 fully saturated rings. The first-order chi connectivity index (χ1) is 7.85. The van der Waals surface area contributed by atoms with E-state index in [4.69, 9.17) is 16.0 Å². The molecule has 0 radical (unpaired) electrons. The van der Waals surface area contributed by atoms with Gasteiger partial charge in [-0.15, -0.1) is 26.9 Å². The largest absolute Gasteiger partial charge is 0.420 e. The summed E-state index contributed by atoms with van der Waals surface area (Å²) in [7, 11) is 0. The second-order valence-electron chi connectivity index (χ2n) is 3.20.